The number of carbonyl (C=O) groups excluding carboxylic acids is 1. The molecule has 25 heavy (non-hydrogen) atoms. The number of imidazole rings is 1. The maximum absolute atomic E-state index is 12.2. The molecule has 0 atom stereocenters. The second-order valence-corrected chi connectivity index (χ2v) is 6.29. The number of anilines is 1. The average Bonchev–Trinajstić information content (AvgIpc) is 3.25. The van der Waals surface area contributed by atoms with E-state index in [1.165, 1.54) is 17.4 Å². The first-order valence-corrected chi connectivity index (χ1v) is 8.44. The van der Waals surface area contributed by atoms with Gasteiger partial charge in [0.1, 0.15) is 12.2 Å². The van der Waals surface area contributed by atoms with Gasteiger partial charge in [-0.05, 0) is 29.6 Å². The zero-order valence-electron chi connectivity index (χ0n) is 13.0. The number of carbonyl (C=O) groups is 1. The molecule has 3 heterocycles. The van der Waals surface area contributed by atoms with E-state index in [0.29, 0.717) is 11.6 Å². The summed E-state index contributed by atoms with van der Waals surface area (Å²) in [6, 6.07) is 14.4. The fraction of sp³-hybridized carbons (Fsp3) is 0.0588. The van der Waals surface area contributed by atoms with Gasteiger partial charge in [-0.15, -0.1) is 11.3 Å². The highest BCUT2D eigenvalue weighted by Gasteiger charge is 2.10. The van der Waals surface area contributed by atoms with Gasteiger partial charge >= 0.3 is 0 Å². The Hall–Kier alpha value is -3.26. The average molecular weight is 351 g/mol. The number of hydrogen-bond donors (Lipinski definition) is 2. The predicted molar refractivity (Wildman–Crippen MR) is 96.5 cm³/mol. The lowest BCUT2D eigenvalue weighted by Crippen LogP contribution is -2.29. The number of H-pyrrole nitrogens is 1. The molecule has 1 amide bonds. The van der Waals surface area contributed by atoms with E-state index >= 15 is 0 Å². The van der Waals surface area contributed by atoms with E-state index in [1.54, 1.807) is 6.07 Å². The van der Waals surface area contributed by atoms with E-state index < -0.39 is 0 Å². The summed E-state index contributed by atoms with van der Waals surface area (Å²) in [5.74, 6) is -0.0364. The van der Waals surface area contributed by atoms with Gasteiger partial charge in [-0.1, -0.05) is 18.2 Å². The molecule has 0 aliphatic carbocycles. The van der Waals surface area contributed by atoms with Crippen LogP contribution in [0.1, 0.15) is 0 Å². The molecule has 0 radical (unpaired) electrons. The first kappa shape index (κ1) is 15.3. The molecular formula is C17H13N5O2S. The Morgan fingerprint density at radius 2 is 2.04 bits per heavy atom. The normalized spacial score (nSPS) is 10.9. The molecule has 0 unspecified atom stereocenters. The van der Waals surface area contributed by atoms with Crippen LogP contribution in [-0.4, -0.2) is 25.7 Å². The molecule has 0 saturated carbocycles. The molecule has 4 aromatic rings. The topological polar surface area (TPSA) is 92.7 Å². The Balaban J connectivity index is 1.54. The van der Waals surface area contributed by atoms with Crippen molar-refractivity contribution in [2.45, 2.75) is 6.54 Å². The van der Waals surface area contributed by atoms with Crippen molar-refractivity contribution in [3.05, 3.63) is 64.3 Å². The smallest absolute Gasteiger partial charge is 0.267 e. The summed E-state index contributed by atoms with van der Waals surface area (Å²) in [6.45, 7) is -0.185. The number of nitrogens with zero attached hydrogens (tertiary/aromatic N) is 3. The lowest BCUT2D eigenvalue weighted by atomic mass is 10.3. The molecule has 0 bridgehead atoms. The molecule has 2 N–H and O–H groups in total. The predicted octanol–water partition coefficient (Wildman–Crippen LogP) is 2.49. The minimum absolute atomic E-state index is 0.185. The summed E-state index contributed by atoms with van der Waals surface area (Å²) in [5.41, 5.74) is 1.91. The molecule has 1 aromatic carbocycles. The van der Waals surface area contributed by atoms with Crippen LogP contribution >= 0.6 is 11.3 Å². The van der Waals surface area contributed by atoms with Crippen molar-refractivity contribution in [1.82, 2.24) is 19.7 Å². The molecule has 0 spiro atoms. The van der Waals surface area contributed by atoms with Gasteiger partial charge in [-0.3, -0.25) is 14.9 Å². The lowest BCUT2D eigenvalue weighted by Gasteiger charge is -2.06. The number of rotatable bonds is 4. The molecule has 124 valence electrons. The van der Waals surface area contributed by atoms with E-state index in [4.69, 9.17) is 0 Å². The van der Waals surface area contributed by atoms with Crippen LogP contribution in [0.2, 0.25) is 0 Å². The molecule has 0 aliphatic rings. The summed E-state index contributed by atoms with van der Waals surface area (Å²) in [7, 11) is 0. The third-order valence-corrected chi connectivity index (χ3v) is 4.47. The minimum atomic E-state index is -0.378. The molecule has 8 heteroatoms. The maximum Gasteiger partial charge on any atom is 0.267 e. The number of nitrogens with one attached hydrogen (secondary N) is 2. The van der Waals surface area contributed by atoms with Crippen LogP contribution in [-0.2, 0) is 11.3 Å². The highest BCUT2D eigenvalue weighted by Crippen LogP contribution is 2.21. The van der Waals surface area contributed by atoms with Crippen molar-refractivity contribution >= 4 is 34.2 Å². The summed E-state index contributed by atoms with van der Waals surface area (Å²) >= 11 is 1.52. The Kier molecular flexibility index (Phi) is 3.87. The van der Waals surface area contributed by atoms with Crippen LogP contribution in [0, 0.1) is 0 Å². The summed E-state index contributed by atoms with van der Waals surface area (Å²) in [6.07, 6.45) is 0. The summed E-state index contributed by atoms with van der Waals surface area (Å²) in [5, 5.41) is 8.85. The Bertz CT molecular complexity index is 1060. The summed E-state index contributed by atoms with van der Waals surface area (Å²) < 4.78 is 1.15. The highest BCUT2D eigenvalue weighted by atomic mass is 32.1. The zero-order chi connectivity index (χ0) is 17.2. The molecule has 4 rings (SSSR count). The number of fused-ring (bicyclic) bond motifs is 1. The van der Waals surface area contributed by atoms with Crippen molar-refractivity contribution in [3.63, 3.8) is 0 Å². The van der Waals surface area contributed by atoms with Crippen LogP contribution in [0.25, 0.3) is 21.6 Å². The van der Waals surface area contributed by atoms with Gasteiger partial charge in [0.05, 0.1) is 15.9 Å². The lowest BCUT2D eigenvalue weighted by molar-refractivity contribution is -0.117. The first-order chi connectivity index (χ1) is 12.2. The molecule has 7 nitrogen and oxygen atoms in total. The molecule has 0 fully saturated rings. The summed E-state index contributed by atoms with van der Waals surface area (Å²) in [4.78, 5) is 32.4. The van der Waals surface area contributed by atoms with Crippen molar-refractivity contribution < 1.29 is 4.79 Å². The molecule has 0 saturated heterocycles. The number of amides is 1. The van der Waals surface area contributed by atoms with Gasteiger partial charge in [0.25, 0.3) is 5.56 Å². The Morgan fingerprint density at radius 1 is 1.16 bits per heavy atom. The van der Waals surface area contributed by atoms with Crippen molar-refractivity contribution in [2.75, 3.05) is 5.32 Å². The number of aromatic nitrogens is 4. The van der Waals surface area contributed by atoms with Crippen molar-refractivity contribution in [2.24, 2.45) is 0 Å². The second kappa shape index (κ2) is 6.33. The van der Waals surface area contributed by atoms with E-state index in [9.17, 15) is 9.59 Å². The number of benzene rings is 1. The molecule has 0 aliphatic heterocycles. The van der Waals surface area contributed by atoms with E-state index in [2.05, 4.69) is 20.4 Å². The third kappa shape index (κ3) is 3.20. The largest absolute Gasteiger partial charge is 0.324 e. The van der Waals surface area contributed by atoms with E-state index in [0.717, 1.165) is 20.6 Å². The number of thiophene rings is 1. The van der Waals surface area contributed by atoms with Crippen LogP contribution in [0.15, 0.2) is 58.7 Å². The van der Waals surface area contributed by atoms with E-state index in [1.807, 2.05) is 41.8 Å². The van der Waals surface area contributed by atoms with Crippen LogP contribution in [0.5, 0.6) is 0 Å². The fourth-order valence-corrected chi connectivity index (χ4v) is 3.13. The first-order valence-electron chi connectivity index (χ1n) is 7.56. The number of aromatic amines is 1. The number of para-hydroxylation sites is 2. The quantitative estimate of drug-likeness (QED) is 0.591. The van der Waals surface area contributed by atoms with Crippen molar-refractivity contribution in [3.8, 4) is 10.6 Å². The van der Waals surface area contributed by atoms with E-state index in [-0.39, 0.29) is 18.0 Å². The van der Waals surface area contributed by atoms with Crippen LogP contribution in [0.4, 0.5) is 5.95 Å². The number of hydrogen-bond acceptors (Lipinski definition) is 5. The zero-order valence-corrected chi connectivity index (χ0v) is 13.8. The van der Waals surface area contributed by atoms with Crippen LogP contribution in [0.3, 0.4) is 0 Å². The second-order valence-electron chi connectivity index (χ2n) is 5.34. The maximum atomic E-state index is 12.2. The fourth-order valence-electron chi connectivity index (χ4n) is 2.44. The Morgan fingerprint density at radius 3 is 2.84 bits per heavy atom. The van der Waals surface area contributed by atoms with Crippen molar-refractivity contribution in [1.29, 1.82) is 0 Å². The van der Waals surface area contributed by atoms with Gasteiger partial charge in [0.2, 0.25) is 11.9 Å². The van der Waals surface area contributed by atoms with Gasteiger partial charge in [-0.2, -0.15) is 5.10 Å². The SMILES string of the molecule is O=C(Cn1nc(-c2cccs2)ccc1=O)Nc1nc2ccccc2[nH]1. The molecular weight excluding hydrogens is 338 g/mol. The third-order valence-electron chi connectivity index (χ3n) is 3.58. The van der Waals surface area contributed by atoms with Gasteiger partial charge < -0.3 is 4.98 Å². The standard InChI is InChI=1S/C17H13N5O2S/c23-15(20-17-18-11-4-1-2-5-12(11)19-17)10-22-16(24)8-7-13(21-22)14-6-3-9-25-14/h1-9H,10H2,(H2,18,19,20,23). The Labute approximate surface area is 146 Å². The van der Waals surface area contributed by atoms with Gasteiger partial charge in [-0.25, -0.2) is 9.67 Å². The van der Waals surface area contributed by atoms with Crippen LogP contribution < -0.4 is 10.9 Å². The van der Waals surface area contributed by atoms with Gasteiger partial charge in [0.15, 0.2) is 0 Å². The highest BCUT2D eigenvalue weighted by molar-refractivity contribution is 7.13. The van der Waals surface area contributed by atoms with Gasteiger partial charge in [0, 0.05) is 6.07 Å². The monoisotopic (exact) mass is 351 g/mol. The minimum Gasteiger partial charge on any atom is -0.324 e. The molecule has 3 aromatic heterocycles.